The molecule has 0 saturated carbocycles. The summed E-state index contributed by atoms with van der Waals surface area (Å²) in [5.41, 5.74) is 0.738. The van der Waals surface area contributed by atoms with E-state index < -0.39 is 0 Å². The van der Waals surface area contributed by atoms with Gasteiger partial charge >= 0.3 is 0 Å². The van der Waals surface area contributed by atoms with E-state index in [1.807, 2.05) is 55.5 Å². The van der Waals surface area contributed by atoms with Crippen LogP contribution in [0.15, 0.2) is 48.5 Å². The van der Waals surface area contributed by atoms with E-state index in [1.54, 1.807) is 7.11 Å². The van der Waals surface area contributed by atoms with Gasteiger partial charge in [0.05, 0.1) is 19.8 Å². The molecule has 27 heavy (non-hydrogen) atoms. The zero-order chi connectivity index (χ0) is 19.3. The smallest absolute Gasteiger partial charge is 0.224 e. The Bertz CT molecular complexity index is 687. The van der Waals surface area contributed by atoms with Crippen molar-refractivity contribution in [3.8, 4) is 17.2 Å². The number of hydrogen-bond acceptors (Lipinski definition) is 5. The topological polar surface area (TPSA) is 66.0 Å². The molecule has 0 unspecified atom stereocenters. The molecular formula is C21H27NO5. The van der Waals surface area contributed by atoms with Crippen LogP contribution in [0.2, 0.25) is 0 Å². The second-order valence-corrected chi connectivity index (χ2v) is 5.75. The highest BCUT2D eigenvalue weighted by molar-refractivity contribution is 5.90. The Morgan fingerprint density at radius 3 is 2.26 bits per heavy atom. The number of hydrogen-bond donors (Lipinski definition) is 1. The molecule has 0 aliphatic carbocycles. The van der Waals surface area contributed by atoms with Crippen molar-refractivity contribution in [1.82, 2.24) is 0 Å². The van der Waals surface area contributed by atoms with Crippen molar-refractivity contribution >= 4 is 11.6 Å². The van der Waals surface area contributed by atoms with Crippen LogP contribution in [0.3, 0.4) is 0 Å². The van der Waals surface area contributed by atoms with E-state index in [-0.39, 0.29) is 5.91 Å². The Morgan fingerprint density at radius 2 is 1.59 bits per heavy atom. The minimum absolute atomic E-state index is 0.0512. The fraction of sp³-hybridized carbons (Fsp3) is 0.381. The van der Waals surface area contributed by atoms with Crippen LogP contribution in [0, 0.1) is 0 Å². The molecule has 0 heterocycles. The molecule has 2 aromatic rings. The first-order chi connectivity index (χ1) is 13.2. The molecule has 1 N–H and O–H groups in total. The normalized spacial score (nSPS) is 10.3. The Labute approximate surface area is 160 Å². The number of nitrogens with one attached hydrogen (secondary N) is 1. The summed E-state index contributed by atoms with van der Waals surface area (Å²) >= 11 is 0. The molecule has 1 amide bonds. The van der Waals surface area contributed by atoms with Crippen molar-refractivity contribution < 1.29 is 23.7 Å². The predicted molar refractivity (Wildman–Crippen MR) is 105 cm³/mol. The summed E-state index contributed by atoms with van der Waals surface area (Å²) in [6.07, 6.45) is 0.993. The first-order valence-electron chi connectivity index (χ1n) is 9.09. The van der Waals surface area contributed by atoms with E-state index in [4.69, 9.17) is 18.9 Å². The summed E-state index contributed by atoms with van der Waals surface area (Å²) in [5.74, 6) is 2.11. The third-order valence-electron chi connectivity index (χ3n) is 3.65. The summed E-state index contributed by atoms with van der Waals surface area (Å²) in [6, 6.07) is 14.8. The van der Waals surface area contributed by atoms with Crippen LogP contribution in [0.1, 0.15) is 19.8 Å². The number of amides is 1. The lowest BCUT2D eigenvalue weighted by Crippen LogP contribution is -2.13. The molecule has 0 bridgehead atoms. The second kappa shape index (κ2) is 11.8. The SMILES string of the molecule is CCOc1ccccc1OCCCC(=O)Nc1ccc(OCCOC)cc1. The first-order valence-corrected chi connectivity index (χ1v) is 9.09. The highest BCUT2D eigenvalue weighted by Gasteiger charge is 2.06. The molecule has 0 aliphatic rings. The van der Waals surface area contributed by atoms with Crippen LogP contribution < -0.4 is 19.5 Å². The summed E-state index contributed by atoms with van der Waals surface area (Å²) < 4.78 is 21.7. The van der Waals surface area contributed by atoms with Crippen molar-refractivity contribution in [3.63, 3.8) is 0 Å². The van der Waals surface area contributed by atoms with Crippen molar-refractivity contribution in [2.75, 3.05) is 38.9 Å². The fourth-order valence-corrected chi connectivity index (χ4v) is 2.36. The van der Waals surface area contributed by atoms with Gasteiger partial charge in [-0.15, -0.1) is 0 Å². The van der Waals surface area contributed by atoms with Crippen LogP contribution in [0.25, 0.3) is 0 Å². The van der Waals surface area contributed by atoms with Gasteiger partial charge in [0.15, 0.2) is 11.5 Å². The minimum Gasteiger partial charge on any atom is -0.491 e. The van der Waals surface area contributed by atoms with E-state index in [2.05, 4.69) is 5.32 Å². The zero-order valence-corrected chi connectivity index (χ0v) is 15.9. The van der Waals surface area contributed by atoms with Gasteiger partial charge in [0.1, 0.15) is 12.4 Å². The molecule has 0 radical (unpaired) electrons. The molecular weight excluding hydrogens is 346 g/mol. The lowest BCUT2D eigenvalue weighted by atomic mass is 10.2. The monoisotopic (exact) mass is 373 g/mol. The molecule has 6 heteroatoms. The van der Waals surface area contributed by atoms with E-state index in [0.717, 1.165) is 17.2 Å². The van der Waals surface area contributed by atoms with Gasteiger partial charge in [-0.3, -0.25) is 4.79 Å². The lowest BCUT2D eigenvalue weighted by Gasteiger charge is -2.11. The van der Waals surface area contributed by atoms with Crippen LogP contribution in [0.4, 0.5) is 5.69 Å². The van der Waals surface area contributed by atoms with E-state index >= 15 is 0 Å². The maximum atomic E-state index is 12.0. The number of carbonyl (C=O) groups excluding carboxylic acids is 1. The number of anilines is 1. The third kappa shape index (κ3) is 7.58. The summed E-state index contributed by atoms with van der Waals surface area (Å²) in [6.45, 7) is 3.99. The van der Waals surface area contributed by atoms with E-state index in [0.29, 0.717) is 45.0 Å². The summed E-state index contributed by atoms with van der Waals surface area (Å²) in [4.78, 5) is 12.0. The van der Waals surface area contributed by atoms with Gasteiger partial charge < -0.3 is 24.3 Å². The number of ether oxygens (including phenoxy) is 4. The van der Waals surface area contributed by atoms with Crippen LogP contribution >= 0.6 is 0 Å². The van der Waals surface area contributed by atoms with E-state index in [1.165, 1.54) is 0 Å². The highest BCUT2D eigenvalue weighted by Crippen LogP contribution is 2.26. The molecule has 0 spiro atoms. The minimum atomic E-state index is -0.0512. The Morgan fingerprint density at radius 1 is 0.889 bits per heavy atom. The maximum absolute atomic E-state index is 12.0. The standard InChI is InChI=1S/C21H27NO5/c1-3-25-19-7-4-5-8-20(19)27-14-6-9-21(23)22-17-10-12-18(13-11-17)26-16-15-24-2/h4-5,7-8,10-13H,3,6,9,14-16H2,1-2H3,(H,22,23). The zero-order valence-electron chi connectivity index (χ0n) is 15.9. The molecule has 0 fully saturated rings. The Hall–Kier alpha value is -2.73. The van der Waals surface area contributed by atoms with Gasteiger partial charge in [-0.2, -0.15) is 0 Å². The lowest BCUT2D eigenvalue weighted by molar-refractivity contribution is -0.116. The molecule has 0 aromatic heterocycles. The number of methoxy groups -OCH3 is 1. The average molecular weight is 373 g/mol. The first kappa shape index (κ1) is 20.6. The van der Waals surface area contributed by atoms with Gasteiger partial charge in [-0.1, -0.05) is 12.1 Å². The number of benzene rings is 2. The van der Waals surface area contributed by atoms with E-state index in [9.17, 15) is 4.79 Å². The van der Waals surface area contributed by atoms with Gasteiger partial charge in [0, 0.05) is 19.2 Å². The van der Waals surface area contributed by atoms with Gasteiger partial charge in [0.2, 0.25) is 5.91 Å². The fourth-order valence-electron chi connectivity index (χ4n) is 2.36. The van der Waals surface area contributed by atoms with Gasteiger partial charge in [-0.05, 0) is 49.7 Å². The van der Waals surface area contributed by atoms with Gasteiger partial charge in [0.25, 0.3) is 0 Å². The average Bonchev–Trinajstić information content (AvgIpc) is 2.68. The van der Waals surface area contributed by atoms with Crippen molar-refractivity contribution in [3.05, 3.63) is 48.5 Å². The maximum Gasteiger partial charge on any atom is 0.224 e. The second-order valence-electron chi connectivity index (χ2n) is 5.75. The van der Waals surface area contributed by atoms with Crippen LogP contribution in [-0.2, 0) is 9.53 Å². The Balaban J connectivity index is 1.69. The quantitative estimate of drug-likeness (QED) is 0.572. The number of rotatable bonds is 12. The predicted octanol–water partition coefficient (Wildman–Crippen LogP) is 3.91. The van der Waals surface area contributed by atoms with Crippen LogP contribution in [0.5, 0.6) is 17.2 Å². The van der Waals surface area contributed by atoms with Crippen LogP contribution in [-0.4, -0.2) is 39.4 Å². The molecule has 146 valence electrons. The summed E-state index contributed by atoms with van der Waals surface area (Å²) in [5, 5.41) is 2.87. The molecule has 2 rings (SSSR count). The molecule has 0 aliphatic heterocycles. The molecule has 0 saturated heterocycles. The highest BCUT2D eigenvalue weighted by atomic mass is 16.5. The van der Waals surface area contributed by atoms with Crippen molar-refractivity contribution in [2.24, 2.45) is 0 Å². The number of para-hydroxylation sites is 2. The Kier molecular flexibility index (Phi) is 9.00. The molecule has 0 atom stereocenters. The number of carbonyl (C=O) groups is 1. The van der Waals surface area contributed by atoms with Gasteiger partial charge in [-0.25, -0.2) is 0 Å². The molecule has 6 nitrogen and oxygen atoms in total. The molecule has 2 aromatic carbocycles. The van der Waals surface area contributed by atoms with Crippen molar-refractivity contribution in [2.45, 2.75) is 19.8 Å². The third-order valence-corrected chi connectivity index (χ3v) is 3.65. The van der Waals surface area contributed by atoms with Crippen molar-refractivity contribution in [1.29, 1.82) is 0 Å². The largest absolute Gasteiger partial charge is 0.491 e. The summed E-state index contributed by atoms with van der Waals surface area (Å²) in [7, 11) is 1.63.